The first-order valence-electron chi connectivity index (χ1n) is 6.22. The maximum atomic E-state index is 7.78. The van der Waals surface area contributed by atoms with E-state index in [1.807, 2.05) is 32.9 Å². The summed E-state index contributed by atoms with van der Waals surface area (Å²) in [6.07, 6.45) is 1.40. The van der Waals surface area contributed by atoms with Crippen LogP contribution < -0.4 is 5.43 Å². The molecule has 0 spiro atoms. The number of hydrogen-bond donors (Lipinski definition) is 2. The Hall–Kier alpha value is -1.49. The Morgan fingerprint density at radius 3 is 2.63 bits per heavy atom. The highest BCUT2D eigenvalue weighted by Gasteiger charge is 2.05. The maximum absolute atomic E-state index is 7.78. The van der Waals surface area contributed by atoms with Gasteiger partial charge in [-0.15, -0.1) is 0 Å². The van der Waals surface area contributed by atoms with E-state index in [-0.39, 0.29) is 0 Å². The molecular weight excluding hydrogens is 304 g/mol. The molecule has 102 valence electrons. The third-order valence-corrected chi connectivity index (χ3v) is 3.51. The highest BCUT2D eigenvalue weighted by molar-refractivity contribution is 9.10. The van der Waals surface area contributed by atoms with Gasteiger partial charge in [0.05, 0.1) is 22.8 Å². The summed E-state index contributed by atoms with van der Waals surface area (Å²) in [6.45, 7) is 9.82. The third-order valence-electron chi connectivity index (χ3n) is 2.71. The largest absolute Gasteiger partial charge is 0.303 e. The molecule has 0 aliphatic rings. The molecular formula is C14H19BrN4. The summed E-state index contributed by atoms with van der Waals surface area (Å²) in [6, 6.07) is 3.86. The molecule has 0 bridgehead atoms. The van der Waals surface area contributed by atoms with Crippen molar-refractivity contribution in [3.63, 3.8) is 0 Å². The summed E-state index contributed by atoms with van der Waals surface area (Å²) < 4.78 is 0.800. The predicted octanol–water partition coefficient (Wildman–Crippen LogP) is 3.91. The molecule has 0 radical (unpaired) electrons. The Kier molecular flexibility index (Phi) is 5.89. The minimum Gasteiger partial charge on any atom is -0.303 e. The molecule has 0 aromatic carbocycles. The number of hydrazone groups is 1. The molecule has 19 heavy (non-hydrogen) atoms. The predicted molar refractivity (Wildman–Crippen MR) is 84.6 cm³/mol. The highest BCUT2D eigenvalue weighted by Crippen LogP contribution is 2.16. The van der Waals surface area contributed by atoms with Gasteiger partial charge in [-0.05, 0) is 47.3 Å². The van der Waals surface area contributed by atoms with Gasteiger partial charge < -0.3 is 5.41 Å². The van der Waals surface area contributed by atoms with Crippen molar-refractivity contribution in [3.05, 3.63) is 34.6 Å². The van der Waals surface area contributed by atoms with E-state index in [1.165, 1.54) is 0 Å². The topological polar surface area (TPSA) is 61.1 Å². The van der Waals surface area contributed by atoms with Gasteiger partial charge in [-0.2, -0.15) is 5.10 Å². The van der Waals surface area contributed by atoms with Crippen LogP contribution in [-0.4, -0.2) is 16.4 Å². The van der Waals surface area contributed by atoms with Gasteiger partial charge in [-0.25, -0.2) is 4.98 Å². The molecule has 1 aromatic heterocycles. The van der Waals surface area contributed by atoms with Crippen LogP contribution in [0.4, 0.5) is 0 Å². The molecule has 0 aliphatic heterocycles. The van der Waals surface area contributed by atoms with Crippen LogP contribution in [0.25, 0.3) is 5.70 Å². The molecule has 0 saturated carbocycles. The molecule has 1 rings (SSSR count). The molecule has 0 unspecified atom stereocenters. The minimum atomic E-state index is 0.542. The Morgan fingerprint density at radius 2 is 2.11 bits per heavy atom. The average Bonchev–Trinajstić information content (AvgIpc) is 2.41. The molecule has 2 N–H and O–H groups in total. The van der Waals surface area contributed by atoms with Gasteiger partial charge in [0.25, 0.3) is 0 Å². The number of aryl methyl sites for hydroxylation is 1. The first-order chi connectivity index (χ1) is 8.99. The van der Waals surface area contributed by atoms with Crippen molar-refractivity contribution in [3.8, 4) is 0 Å². The van der Waals surface area contributed by atoms with Crippen molar-refractivity contribution in [1.82, 2.24) is 10.4 Å². The number of pyridine rings is 1. The lowest BCUT2D eigenvalue weighted by Crippen LogP contribution is -2.16. The maximum Gasteiger partial charge on any atom is 0.109 e. The van der Waals surface area contributed by atoms with Crippen LogP contribution in [0.2, 0.25) is 0 Å². The zero-order chi connectivity index (χ0) is 14.4. The summed E-state index contributed by atoms with van der Waals surface area (Å²) in [5, 5.41) is 12.0. The van der Waals surface area contributed by atoms with Crippen LogP contribution in [0.1, 0.15) is 37.9 Å². The van der Waals surface area contributed by atoms with Gasteiger partial charge in [0.1, 0.15) is 4.60 Å². The third kappa shape index (κ3) is 4.28. The molecule has 0 amide bonds. The van der Waals surface area contributed by atoms with Crippen LogP contribution in [-0.2, 0) is 0 Å². The van der Waals surface area contributed by atoms with E-state index >= 15 is 0 Å². The zero-order valence-electron chi connectivity index (χ0n) is 11.5. The SMILES string of the molecule is C=C(NN=C(CC)C(=N)CC)c1ccc(C)c(Br)n1. The molecule has 0 aliphatic carbocycles. The average molecular weight is 323 g/mol. The number of nitrogens with one attached hydrogen (secondary N) is 2. The Morgan fingerprint density at radius 1 is 1.42 bits per heavy atom. The molecule has 5 heteroatoms. The van der Waals surface area contributed by atoms with E-state index in [0.717, 1.165) is 28.0 Å². The highest BCUT2D eigenvalue weighted by atomic mass is 79.9. The van der Waals surface area contributed by atoms with Crippen LogP contribution in [0.5, 0.6) is 0 Å². The van der Waals surface area contributed by atoms with Gasteiger partial charge in [-0.1, -0.05) is 26.5 Å². The van der Waals surface area contributed by atoms with Gasteiger partial charge >= 0.3 is 0 Å². The van der Waals surface area contributed by atoms with E-state index in [2.05, 4.69) is 38.0 Å². The number of halogens is 1. The second kappa shape index (κ2) is 7.19. The van der Waals surface area contributed by atoms with Crippen molar-refractivity contribution < 1.29 is 0 Å². The summed E-state index contributed by atoms with van der Waals surface area (Å²) in [5.41, 5.74) is 6.60. The Balaban J connectivity index is 2.82. The number of rotatable bonds is 6. The van der Waals surface area contributed by atoms with E-state index in [1.54, 1.807) is 0 Å². The van der Waals surface area contributed by atoms with E-state index in [0.29, 0.717) is 17.8 Å². The number of aromatic nitrogens is 1. The molecule has 0 fully saturated rings. The van der Waals surface area contributed by atoms with Crippen molar-refractivity contribution >= 4 is 33.1 Å². The fourth-order valence-corrected chi connectivity index (χ4v) is 1.75. The van der Waals surface area contributed by atoms with E-state index < -0.39 is 0 Å². The number of nitrogens with zero attached hydrogens (tertiary/aromatic N) is 2. The van der Waals surface area contributed by atoms with Crippen LogP contribution in [0.3, 0.4) is 0 Å². The van der Waals surface area contributed by atoms with Crippen molar-refractivity contribution in [2.75, 3.05) is 0 Å². The first kappa shape index (κ1) is 15.6. The number of hydrogen-bond acceptors (Lipinski definition) is 4. The molecule has 4 nitrogen and oxygen atoms in total. The van der Waals surface area contributed by atoms with E-state index in [9.17, 15) is 0 Å². The first-order valence-corrected chi connectivity index (χ1v) is 7.01. The molecule has 0 atom stereocenters. The standard InChI is InChI=1S/C14H19BrN4/c1-5-11(16)12(6-2)19-18-10(4)13-8-7-9(3)14(15)17-13/h7-8,16,18H,4-6H2,1-3H3. The molecule has 0 saturated heterocycles. The van der Waals surface area contributed by atoms with Gasteiger partial charge in [0.2, 0.25) is 0 Å². The monoisotopic (exact) mass is 322 g/mol. The fraction of sp³-hybridized carbons (Fsp3) is 0.357. The van der Waals surface area contributed by atoms with Crippen molar-refractivity contribution in [2.45, 2.75) is 33.6 Å². The summed E-state index contributed by atoms with van der Waals surface area (Å²) in [7, 11) is 0. The summed E-state index contributed by atoms with van der Waals surface area (Å²) in [4.78, 5) is 4.37. The second-order valence-electron chi connectivity index (χ2n) is 4.14. The van der Waals surface area contributed by atoms with Gasteiger partial charge in [0.15, 0.2) is 0 Å². The Bertz CT molecular complexity index is 520. The lowest BCUT2D eigenvalue weighted by Gasteiger charge is -2.08. The van der Waals surface area contributed by atoms with Crippen LogP contribution in [0.15, 0.2) is 28.4 Å². The van der Waals surface area contributed by atoms with Crippen LogP contribution in [0, 0.1) is 12.3 Å². The Labute approximate surface area is 122 Å². The normalized spacial score (nSPS) is 11.3. The summed E-state index contributed by atoms with van der Waals surface area (Å²) >= 11 is 3.39. The quantitative estimate of drug-likeness (QED) is 0.474. The van der Waals surface area contributed by atoms with Crippen molar-refractivity contribution in [2.24, 2.45) is 5.10 Å². The molecule has 1 heterocycles. The fourth-order valence-electron chi connectivity index (χ4n) is 1.43. The molecule has 1 aromatic rings. The second-order valence-corrected chi connectivity index (χ2v) is 4.89. The lowest BCUT2D eigenvalue weighted by molar-refractivity contribution is 0.966. The van der Waals surface area contributed by atoms with Crippen molar-refractivity contribution in [1.29, 1.82) is 5.41 Å². The van der Waals surface area contributed by atoms with Gasteiger partial charge in [-0.3, -0.25) is 5.43 Å². The van der Waals surface area contributed by atoms with Gasteiger partial charge in [0, 0.05) is 0 Å². The summed E-state index contributed by atoms with van der Waals surface area (Å²) in [5.74, 6) is 0. The minimum absolute atomic E-state index is 0.542. The smallest absolute Gasteiger partial charge is 0.109 e. The van der Waals surface area contributed by atoms with Crippen LogP contribution >= 0.6 is 15.9 Å². The van der Waals surface area contributed by atoms with E-state index in [4.69, 9.17) is 5.41 Å². The lowest BCUT2D eigenvalue weighted by atomic mass is 10.1. The zero-order valence-corrected chi connectivity index (χ0v) is 13.1.